The molecular weight excluding hydrogens is 312 g/mol. The average Bonchev–Trinajstić information content (AvgIpc) is 2.48. The molecule has 0 radical (unpaired) electrons. The van der Waals surface area contributed by atoms with E-state index >= 15 is 0 Å². The largest absolute Gasteiger partial charge is 0.495 e. The van der Waals surface area contributed by atoms with Crippen LogP contribution in [0.5, 0.6) is 5.75 Å². The van der Waals surface area contributed by atoms with Gasteiger partial charge in [-0.25, -0.2) is 13.1 Å². The van der Waals surface area contributed by atoms with E-state index in [-0.39, 0.29) is 9.92 Å². The molecule has 0 amide bonds. The predicted molar refractivity (Wildman–Crippen MR) is 83.4 cm³/mol. The van der Waals surface area contributed by atoms with Gasteiger partial charge in [0.15, 0.2) is 0 Å². The predicted octanol–water partition coefficient (Wildman–Crippen LogP) is 1.94. The molecule has 2 rings (SSSR count). The van der Waals surface area contributed by atoms with Crippen LogP contribution in [0.4, 0.5) is 0 Å². The van der Waals surface area contributed by atoms with Crippen molar-refractivity contribution in [2.45, 2.75) is 17.7 Å². The summed E-state index contributed by atoms with van der Waals surface area (Å²) in [6.45, 7) is 2.20. The van der Waals surface area contributed by atoms with Crippen LogP contribution >= 0.6 is 11.6 Å². The minimum atomic E-state index is -3.54. The Morgan fingerprint density at radius 3 is 2.86 bits per heavy atom. The summed E-state index contributed by atoms with van der Waals surface area (Å²) in [5.74, 6) is 0.454. The van der Waals surface area contributed by atoms with Crippen molar-refractivity contribution < 1.29 is 13.2 Å². The fourth-order valence-electron chi connectivity index (χ4n) is 2.14. The van der Waals surface area contributed by atoms with Gasteiger partial charge in [-0.15, -0.1) is 0 Å². The third-order valence-electron chi connectivity index (χ3n) is 3.33. The van der Waals surface area contributed by atoms with E-state index in [0.29, 0.717) is 12.3 Å². The minimum absolute atomic E-state index is 0.146. The molecule has 0 fully saturated rings. The first kappa shape index (κ1) is 16.3. The molecule has 0 bridgehead atoms. The van der Waals surface area contributed by atoms with Gasteiger partial charge in [-0.05, 0) is 37.6 Å². The molecule has 21 heavy (non-hydrogen) atoms. The average molecular weight is 331 g/mol. The van der Waals surface area contributed by atoms with Crippen LogP contribution in [0.2, 0.25) is 5.02 Å². The molecule has 0 saturated heterocycles. The van der Waals surface area contributed by atoms with Gasteiger partial charge in [-0.1, -0.05) is 23.3 Å². The summed E-state index contributed by atoms with van der Waals surface area (Å²) in [7, 11) is -2.05. The van der Waals surface area contributed by atoms with Crippen LogP contribution < -0.4 is 14.8 Å². The van der Waals surface area contributed by atoms with Gasteiger partial charge >= 0.3 is 0 Å². The molecule has 0 atom stereocenters. The Morgan fingerprint density at radius 1 is 1.43 bits per heavy atom. The van der Waals surface area contributed by atoms with Crippen LogP contribution in [-0.2, 0) is 10.0 Å². The van der Waals surface area contributed by atoms with E-state index in [4.69, 9.17) is 16.3 Å². The highest BCUT2D eigenvalue weighted by atomic mass is 35.5. The Labute approximate surface area is 130 Å². The lowest BCUT2D eigenvalue weighted by Gasteiger charge is -2.14. The molecule has 0 saturated carbocycles. The SMILES string of the molecule is COc1ccc(S(=O)(=O)NCCC2=CCNCC2)cc1Cl. The van der Waals surface area contributed by atoms with Gasteiger partial charge in [0.1, 0.15) is 5.75 Å². The summed E-state index contributed by atoms with van der Waals surface area (Å²) in [5, 5.41) is 3.50. The fourth-order valence-corrected chi connectivity index (χ4v) is 3.52. The molecule has 7 heteroatoms. The molecule has 1 aromatic rings. The van der Waals surface area contributed by atoms with Crippen LogP contribution in [-0.4, -0.2) is 35.2 Å². The van der Waals surface area contributed by atoms with Crippen LogP contribution in [0.25, 0.3) is 0 Å². The van der Waals surface area contributed by atoms with Gasteiger partial charge < -0.3 is 10.1 Å². The molecule has 1 aromatic carbocycles. The van der Waals surface area contributed by atoms with Gasteiger partial charge in [0.05, 0.1) is 17.0 Å². The molecule has 1 aliphatic heterocycles. The van der Waals surface area contributed by atoms with Crippen molar-refractivity contribution in [3.8, 4) is 5.75 Å². The van der Waals surface area contributed by atoms with Crippen LogP contribution in [0, 0.1) is 0 Å². The van der Waals surface area contributed by atoms with E-state index in [2.05, 4.69) is 16.1 Å². The molecule has 116 valence electrons. The van der Waals surface area contributed by atoms with Crippen LogP contribution in [0.15, 0.2) is 34.7 Å². The third-order valence-corrected chi connectivity index (χ3v) is 5.08. The monoisotopic (exact) mass is 330 g/mol. The highest BCUT2D eigenvalue weighted by molar-refractivity contribution is 7.89. The maximum absolute atomic E-state index is 12.2. The Morgan fingerprint density at radius 2 is 2.24 bits per heavy atom. The van der Waals surface area contributed by atoms with Crippen molar-refractivity contribution in [3.63, 3.8) is 0 Å². The van der Waals surface area contributed by atoms with E-state index in [1.165, 1.54) is 24.8 Å². The van der Waals surface area contributed by atoms with Crippen LogP contribution in [0.1, 0.15) is 12.8 Å². The quantitative estimate of drug-likeness (QED) is 0.782. The summed E-state index contributed by atoms with van der Waals surface area (Å²) in [5.41, 5.74) is 1.28. The molecule has 0 aliphatic carbocycles. The number of rotatable bonds is 6. The standard InChI is InChI=1S/C14H19ClN2O3S/c1-20-14-3-2-12(10-13(14)15)21(18,19)17-9-6-11-4-7-16-8-5-11/h2-4,10,16-17H,5-9H2,1H3. The summed E-state index contributed by atoms with van der Waals surface area (Å²) in [6, 6.07) is 4.43. The van der Waals surface area contributed by atoms with Crippen molar-refractivity contribution in [2.24, 2.45) is 0 Å². The Balaban J connectivity index is 1.98. The van der Waals surface area contributed by atoms with Crippen LogP contribution in [0.3, 0.4) is 0 Å². The van der Waals surface area contributed by atoms with E-state index in [1.54, 1.807) is 6.07 Å². The van der Waals surface area contributed by atoms with Gasteiger partial charge in [0.2, 0.25) is 10.0 Å². The molecule has 0 spiro atoms. The summed E-state index contributed by atoms with van der Waals surface area (Å²) in [4.78, 5) is 0.146. The van der Waals surface area contributed by atoms with E-state index < -0.39 is 10.0 Å². The van der Waals surface area contributed by atoms with Gasteiger partial charge in [-0.2, -0.15) is 0 Å². The second kappa shape index (κ2) is 7.26. The number of sulfonamides is 1. The van der Waals surface area contributed by atoms with Crippen molar-refractivity contribution in [1.29, 1.82) is 0 Å². The lowest BCUT2D eigenvalue weighted by Crippen LogP contribution is -2.26. The normalized spacial score (nSPS) is 15.6. The molecule has 1 heterocycles. The zero-order valence-corrected chi connectivity index (χ0v) is 13.4. The zero-order valence-electron chi connectivity index (χ0n) is 11.9. The van der Waals surface area contributed by atoms with Gasteiger partial charge in [-0.3, -0.25) is 0 Å². The summed E-state index contributed by atoms with van der Waals surface area (Å²) in [6.07, 6.45) is 3.81. The molecular formula is C14H19ClN2O3S. The lowest BCUT2D eigenvalue weighted by atomic mass is 10.1. The zero-order chi connectivity index (χ0) is 15.3. The minimum Gasteiger partial charge on any atom is -0.495 e. The first-order chi connectivity index (χ1) is 10.0. The van der Waals surface area contributed by atoms with Gasteiger partial charge in [0.25, 0.3) is 0 Å². The highest BCUT2D eigenvalue weighted by Gasteiger charge is 2.16. The molecule has 2 N–H and O–H groups in total. The maximum Gasteiger partial charge on any atom is 0.240 e. The second-order valence-electron chi connectivity index (χ2n) is 4.76. The topological polar surface area (TPSA) is 67.4 Å². The van der Waals surface area contributed by atoms with E-state index in [0.717, 1.165) is 25.9 Å². The smallest absolute Gasteiger partial charge is 0.240 e. The molecule has 5 nitrogen and oxygen atoms in total. The summed E-state index contributed by atoms with van der Waals surface area (Å²) >= 11 is 5.96. The highest BCUT2D eigenvalue weighted by Crippen LogP contribution is 2.26. The number of benzene rings is 1. The first-order valence-electron chi connectivity index (χ1n) is 6.75. The fraction of sp³-hybridized carbons (Fsp3) is 0.429. The Bertz CT molecular complexity index is 629. The number of nitrogens with one attached hydrogen (secondary N) is 2. The third kappa shape index (κ3) is 4.44. The second-order valence-corrected chi connectivity index (χ2v) is 6.93. The van der Waals surface area contributed by atoms with E-state index in [1.807, 2.05) is 0 Å². The number of halogens is 1. The van der Waals surface area contributed by atoms with Crippen molar-refractivity contribution in [1.82, 2.24) is 10.0 Å². The Hall–Kier alpha value is -1.08. The number of hydrogen-bond donors (Lipinski definition) is 2. The van der Waals surface area contributed by atoms with E-state index in [9.17, 15) is 8.42 Å². The van der Waals surface area contributed by atoms with Crippen molar-refractivity contribution >= 4 is 21.6 Å². The molecule has 0 unspecified atom stereocenters. The summed E-state index contributed by atoms with van der Waals surface area (Å²) < 4.78 is 32.0. The lowest BCUT2D eigenvalue weighted by molar-refractivity contribution is 0.414. The number of methoxy groups -OCH3 is 1. The van der Waals surface area contributed by atoms with Crippen molar-refractivity contribution in [3.05, 3.63) is 34.9 Å². The van der Waals surface area contributed by atoms with Gasteiger partial charge in [0, 0.05) is 13.1 Å². The molecule has 0 aromatic heterocycles. The Kier molecular flexibility index (Phi) is 5.64. The first-order valence-corrected chi connectivity index (χ1v) is 8.61. The molecule has 1 aliphatic rings. The van der Waals surface area contributed by atoms with Crippen molar-refractivity contribution in [2.75, 3.05) is 26.7 Å². The number of ether oxygens (including phenoxy) is 1. The maximum atomic E-state index is 12.2. The number of hydrogen-bond acceptors (Lipinski definition) is 4.